The maximum absolute atomic E-state index is 13.5. The summed E-state index contributed by atoms with van der Waals surface area (Å²) in [6.45, 7) is 3.76. The van der Waals surface area contributed by atoms with Crippen LogP contribution in [0.4, 0.5) is 0 Å². The van der Waals surface area contributed by atoms with Crippen molar-refractivity contribution in [2.45, 2.75) is 57.1 Å². The van der Waals surface area contributed by atoms with Crippen LogP contribution in [0.5, 0.6) is 0 Å². The van der Waals surface area contributed by atoms with Gasteiger partial charge in [0.05, 0.1) is 11.8 Å². The molecule has 33 heavy (non-hydrogen) atoms. The molecule has 3 atom stereocenters. The van der Waals surface area contributed by atoms with Crippen LogP contribution in [0.1, 0.15) is 57.9 Å². The van der Waals surface area contributed by atoms with E-state index < -0.39 is 38.2 Å². The molecule has 1 saturated carbocycles. The predicted octanol–water partition coefficient (Wildman–Crippen LogP) is 2.84. The van der Waals surface area contributed by atoms with Gasteiger partial charge in [-0.25, -0.2) is 19.7 Å². The number of hydrogen-bond donors (Lipinski definition) is 4. The normalized spacial score (nSPS) is 18.7. The Kier molecular flexibility index (Phi) is 9.63. The molecule has 2 rings (SSSR count). The number of hydrogen-bond acceptors (Lipinski definition) is 6. The minimum absolute atomic E-state index is 0.0249. The first-order valence-electron chi connectivity index (χ1n) is 11.4. The van der Waals surface area contributed by atoms with Crippen molar-refractivity contribution in [1.82, 2.24) is 10.9 Å². The lowest BCUT2D eigenvalue weighted by Gasteiger charge is -2.41. The van der Waals surface area contributed by atoms with Gasteiger partial charge in [-0.2, -0.15) is 0 Å². The van der Waals surface area contributed by atoms with Crippen molar-refractivity contribution in [3.05, 3.63) is 42.0 Å². The third kappa shape index (κ3) is 6.65. The van der Waals surface area contributed by atoms with Gasteiger partial charge in [0.1, 0.15) is 4.75 Å². The molecule has 1 unspecified atom stereocenters. The molecule has 2 amide bonds. The Bertz CT molecular complexity index is 927. The number of amides is 2. The monoisotopic (exact) mass is 479 g/mol. The summed E-state index contributed by atoms with van der Waals surface area (Å²) in [6.07, 6.45) is 8.41. The molecule has 1 aliphatic rings. The van der Waals surface area contributed by atoms with E-state index in [-0.39, 0.29) is 24.7 Å². The minimum Gasteiger partial charge on any atom is -0.294 e. The minimum atomic E-state index is -3.94. The van der Waals surface area contributed by atoms with E-state index in [4.69, 9.17) is 5.84 Å². The van der Waals surface area contributed by atoms with E-state index in [9.17, 15) is 23.2 Å². The first kappa shape index (κ1) is 27.0. The summed E-state index contributed by atoms with van der Waals surface area (Å²) in [5.41, 5.74) is 4.51. The number of carbonyl (C=O) groups is 2. The van der Waals surface area contributed by atoms with E-state index in [1.807, 2.05) is 44.2 Å². The molecule has 9 heteroatoms. The van der Waals surface area contributed by atoms with Gasteiger partial charge < -0.3 is 0 Å². The number of rotatable bonds is 11. The molecular weight excluding hydrogens is 442 g/mol. The van der Waals surface area contributed by atoms with E-state index >= 15 is 0 Å². The maximum atomic E-state index is 13.5. The first-order valence-corrected chi connectivity index (χ1v) is 13.3. The summed E-state index contributed by atoms with van der Waals surface area (Å²) in [7, 11) is -3.94. The summed E-state index contributed by atoms with van der Waals surface area (Å²) in [6, 6.07) is 9.18. The molecule has 0 saturated heterocycles. The largest absolute Gasteiger partial charge is 0.294 e. The maximum Gasteiger partial charge on any atom is 0.249 e. The van der Waals surface area contributed by atoms with E-state index in [0.29, 0.717) is 0 Å². The van der Waals surface area contributed by atoms with Crippen LogP contribution in [0.2, 0.25) is 0 Å². The van der Waals surface area contributed by atoms with Crippen LogP contribution in [0, 0.1) is 23.7 Å². The van der Waals surface area contributed by atoms with Crippen molar-refractivity contribution in [2.75, 3.05) is 6.26 Å². The molecule has 1 aliphatic carbocycles. The van der Waals surface area contributed by atoms with Gasteiger partial charge in [-0.3, -0.25) is 20.2 Å². The topological polar surface area (TPSA) is 139 Å². The summed E-state index contributed by atoms with van der Waals surface area (Å²) < 4.78 is 25.4. The van der Waals surface area contributed by atoms with Crippen LogP contribution < -0.4 is 16.7 Å². The van der Waals surface area contributed by atoms with E-state index in [0.717, 1.165) is 37.5 Å². The Balaban J connectivity index is 2.77. The van der Waals surface area contributed by atoms with Crippen molar-refractivity contribution >= 4 is 27.7 Å². The Morgan fingerprint density at radius 2 is 1.79 bits per heavy atom. The van der Waals surface area contributed by atoms with Gasteiger partial charge in [-0.15, -0.1) is 0 Å². The average molecular weight is 480 g/mol. The molecule has 0 aliphatic heterocycles. The molecule has 0 spiro atoms. The number of hydroxylamine groups is 1. The van der Waals surface area contributed by atoms with Gasteiger partial charge in [0, 0.05) is 6.26 Å². The highest BCUT2D eigenvalue weighted by Gasteiger charge is 2.55. The van der Waals surface area contributed by atoms with Crippen LogP contribution >= 0.6 is 0 Å². The molecule has 8 nitrogen and oxygen atoms in total. The zero-order chi connectivity index (χ0) is 24.6. The third-order valence-electron chi connectivity index (χ3n) is 6.66. The quantitative estimate of drug-likeness (QED) is 0.167. The van der Waals surface area contributed by atoms with Crippen LogP contribution in [0.3, 0.4) is 0 Å². The van der Waals surface area contributed by atoms with E-state index in [1.165, 1.54) is 0 Å². The Labute approximate surface area is 196 Å². The van der Waals surface area contributed by atoms with E-state index in [1.54, 1.807) is 17.6 Å². The van der Waals surface area contributed by atoms with Crippen LogP contribution in [0.15, 0.2) is 36.4 Å². The molecule has 1 fully saturated rings. The molecule has 184 valence electrons. The summed E-state index contributed by atoms with van der Waals surface area (Å²) in [5, 5.41) is 9.64. The van der Waals surface area contributed by atoms with Crippen molar-refractivity contribution in [3.63, 3.8) is 0 Å². The standard InChI is InChI=1S/C24H37N3O5S/c1-17(2)15-20(22(28)26-25)21(23(29)27-30)24(33(3,31)32,16-19-11-7-8-12-19)14-13-18-9-5-4-6-10-18/h4-6,9-10,13-14,17,19-21,30H,7-8,11-12,15-16,25H2,1-3H3,(H,26,28)(H,27,29)/b14-13+/t20-,21+,24?/m1/s1. The predicted molar refractivity (Wildman–Crippen MR) is 128 cm³/mol. The highest BCUT2D eigenvalue weighted by molar-refractivity contribution is 7.92. The number of carbonyl (C=O) groups excluding carboxylic acids is 2. The fourth-order valence-electron chi connectivity index (χ4n) is 5.10. The number of benzene rings is 1. The smallest absolute Gasteiger partial charge is 0.249 e. The molecular formula is C24H37N3O5S. The van der Waals surface area contributed by atoms with Gasteiger partial charge in [0.2, 0.25) is 11.8 Å². The Hall–Kier alpha value is -2.23. The first-order chi connectivity index (χ1) is 15.6. The molecule has 0 aromatic heterocycles. The van der Waals surface area contributed by atoms with Gasteiger partial charge >= 0.3 is 0 Å². The fraction of sp³-hybridized carbons (Fsp3) is 0.583. The fourth-order valence-corrected chi connectivity index (χ4v) is 6.68. The number of hydrazine groups is 1. The lowest BCUT2D eigenvalue weighted by atomic mass is 9.72. The summed E-state index contributed by atoms with van der Waals surface area (Å²) >= 11 is 0. The third-order valence-corrected chi connectivity index (χ3v) is 8.59. The zero-order valence-corrected chi connectivity index (χ0v) is 20.5. The van der Waals surface area contributed by atoms with Gasteiger partial charge in [-0.1, -0.05) is 82.0 Å². The van der Waals surface area contributed by atoms with Crippen LogP contribution in [-0.2, 0) is 19.4 Å². The average Bonchev–Trinajstić information content (AvgIpc) is 3.28. The molecule has 0 bridgehead atoms. The molecule has 0 radical (unpaired) electrons. The van der Waals surface area contributed by atoms with Crippen molar-refractivity contribution in [2.24, 2.45) is 29.5 Å². The lowest BCUT2D eigenvalue weighted by molar-refractivity contribution is -0.142. The highest BCUT2D eigenvalue weighted by Crippen LogP contribution is 2.45. The summed E-state index contributed by atoms with van der Waals surface area (Å²) in [4.78, 5) is 26.0. The second kappa shape index (κ2) is 11.8. The second-order valence-electron chi connectivity index (χ2n) is 9.52. The number of sulfone groups is 1. The van der Waals surface area contributed by atoms with Crippen LogP contribution in [-0.4, -0.2) is 36.4 Å². The van der Waals surface area contributed by atoms with Crippen LogP contribution in [0.25, 0.3) is 6.08 Å². The molecule has 1 aromatic carbocycles. The second-order valence-corrected chi connectivity index (χ2v) is 11.8. The zero-order valence-electron chi connectivity index (χ0n) is 19.7. The Morgan fingerprint density at radius 1 is 1.18 bits per heavy atom. The van der Waals surface area contributed by atoms with Gasteiger partial charge in [-0.05, 0) is 30.2 Å². The van der Waals surface area contributed by atoms with Crippen molar-refractivity contribution in [1.29, 1.82) is 0 Å². The number of nitrogens with two attached hydrogens (primary N) is 1. The van der Waals surface area contributed by atoms with Gasteiger partial charge in [0.25, 0.3) is 0 Å². The molecule has 1 aromatic rings. The number of nitrogens with one attached hydrogen (secondary N) is 2. The van der Waals surface area contributed by atoms with Crippen molar-refractivity contribution in [3.8, 4) is 0 Å². The van der Waals surface area contributed by atoms with Gasteiger partial charge in [0.15, 0.2) is 9.84 Å². The lowest BCUT2D eigenvalue weighted by Crippen LogP contribution is -2.57. The molecule has 5 N–H and O–H groups in total. The SMILES string of the molecule is CC(C)C[C@@H](C(=O)NN)[C@@H](C(=O)NO)C(/C=C/c1ccccc1)(CC1CCCC1)S(C)(=O)=O. The van der Waals surface area contributed by atoms with Crippen molar-refractivity contribution < 1.29 is 23.2 Å². The molecule has 0 heterocycles. The van der Waals surface area contributed by atoms with E-state index in [2.05, 4.69) is 5.43 Å². The Morgan fingerprint density at radius 3 is 2.27 bits per heavy atom. The highest BCUT2D eigenvalue weighted by atomic mass is 32.2. The summed E-state index contributed by atoms with van der Waals surface area (Å²) in [5.74, 6) is 1.53.